The molecular formula is C21H29NO3. The maximum Gasteiger partial charge on any atom is 0.161 e. The molecule has 0 unspecified atom stereocenters. The minimum Gasteiger partial charge on any atom is -0.494 e. The van der Waals surface area contributed by atoms with E-state index >= 15 is 0 Å². The van der Waals surface area contributed by atoms with Crippen molar-refractivity contribution in [3.05, 3.63) is 53.6 Å². The summed E-state index contributed by atoms with van der Waals surface area (Å²) in [5.74, 6) is 2.53. The Labute approximate surface area is 151 Å². The van der Waals surface area contributed by atoms with E-state index in [1.807, 2.05) is 25.1 Å². The van der Waals surface area contributed by atoms with Crippen LogP contribution in [-0.4, -0.2) is 26.9 Å². The van der Waals surface area contributed by atoms with E-state index in [4.69, 9.17) is 14.2 Å². The summed E-state index contributed by atoms with van der Waals surface area (Å²) in [6, 6.07) is 14.4. The van der Waals surface area contributed by atoms with Gasteiger partial charge in [0.05, 0.1) is 20.3 Å². The largest absolute Gasteiger partial charge is 0.494 e. The first-order valence-electron chi connectivity index (χ1n) is 8.99. The average Bonchev–Trinajstić information content (AvgIpc) is 2.64. The van der Waals surface area contributed by atoms with Crippen LogP contribution in [0.1, 0.15) is 31.4 Å². The van der Waals surface area contributed by atoms with E-state index in [2.05, 4.69) is 36.5 Å². The van der Waals surface area contributed by atoms with Gasteiger partial charge in [-0.05, 0) is 61.7 Å². The normalized spacial score (nSPS) is 10.5. The van der Waals surface area contributed by atoms with Gasteiger partial charge in [0.1, 0.15) is 5.75 Å². The summed E-state index contributed by atoms with van der Waals surface area (Å²) in [4.78, 5) is 0. The molecule has 0 bridgehead atoms. The highest BCUT2D eigenvalue weighted by Gasteiger charge is 2.05. The quantitative estimate of drug-likeness (QED) is 0.620. The van der Waals surface area contributed by atoms with E-state index in [0.717, 1.165) is 49.8 Å². The van der Waals surface area contributed by atoms with Gasteiger partial charge in [0.15, 0.2) is 11.5 Å². The number of ether oxygens (including phenoxy) is 3. The highest BCUT2D eigenvalue weighted by Crippen LogP contribution is 2.28. The molecule has 2 aromatic carbocycles. The maximum atomic E-state index is 5.68. The average molecular weight is 343 g/mol. The molecule has 0 spiro atoms. The second-order valence-corrected chi connectivity index (χ2v) is 5.84. The standard InChI is InChI=1S/C21H29NO3/c1-4-13-25-19-8-6-7-18(14-19)16-22-12-11-17-9-10-20(23-3)21(15-17)24-5-2/h6-10,14-15,22H,4-5,11-13,16H2,1-3H3. The van der Waals surface area contributed by atoms with Crippen molar-refractivity contribution < 1.29 is 14.2 Å². The van der Waals surface area contributed by atoms with Crippen molar-refractivity contribution >= 4 is 0 Å². The van der Waals surface area contributed by atoms with Crippen molar-refractivity contribution in [2.24, 2.45) is 0 Å². The fraction of sp³-hybridized carbons (Fsp3) is 0.429. The minimum absolute atomic E-state index is 0.633. The molecule has 0 aliphatic rings. The smallest absolute Gasteiger partial charge is 0.161 e. The highest BCUT2D eigenvalue weighted by molar-refractivity contribution is 5.43. The number of methoxy groups -OCH3 is 1. The molecule has 0 heterocycles. The lowest BCUT2D eigenvalue weighted by Gasteiger charge is -2.12. The van der Waals surface area contributed by atoms with Crippen LogP contribution in [0.25, 0.3) is 0 Å². The van der Waals surface area contributed by atoms with Crippen molar-refractivity contribution in [3.8, 4) is 17.2 Å². The van der Waals surface area contributed by atoms with E-state index in [1.54, 1.807) is 7.11 Å². The van der Waals surface area contributed by atoms with E-state index < -0.39 is 0 Å². The Morgan fingerprint density at radius 3 is 2.56 bits per heavy atom. The molecular weight excluding hydrogens is 314 g/mol. The Balaban J connectivity index is 1.82. The third kappa shape index (κ3) is 6.31. The summed E-state index contributed by atoms with van der Waals surface area (Å²) < 4.78 is 16.6. The number of benzene rings is 2. The van der Waals surface area contributed by atoms with Gasteiger partial charge in [-0.2, -0.15) is 0 Å². The first-order valence-corrected chi connectivity index (χ1v) is 8.99. The Kier molecular flexibility index (Phi) is 8.13. The number of hydrogen-bond acceptors (Lipinski definition) is 4. The maximum absolute atomic E-state index is 5.68. The fourth-order valence-corrected chi connectivity index (χ4v) is 2.58. The van der Waals surface area contributed by atoms with Crippen molar-refractivity contribution in [1.29, 1.82) is 0 Å². The SMILES string of the molecule is CCCOc1cccc(CNCCc2ccc(OC)c(OCC)c2)c1. The molecule has 0 aromatic heterocycles. The minimum atomic E-state index is 0.633. The van der Waals surface area contributed by atoms with Gasteiger partial charge in [-0.15, -0.1) is 0 Å². The van der Waals surface area contributed by atoms with Gasteiger partial charge in [0.2, 0.25) is 0 Å². The molecule has 0 aliphatic carbocycles. The summed E-state index contributed by atoms with van der Waals surface area (Å²) >= 11 is 0. The Bertz CT molecular complexity index is 643. The summed E-state index contributed by atoms with van der Waals surface area (Å²) in [6.07, 6.45) is 1.96. The van der Waals surface area contributed by atoms with E-state index in [-0.39, 0.29) is 0 Å². The van der Waals surface area contributed by atoms with E-state index in [1.165, 1.54) is 11.1 Å². The Hall–Kier alpha value is -2.20. The lowest BCUT2D eigenvalue weighted by molar-refractivity contribution is 0.310. The van der Waals surface area contributed by atoms with Crippen molar-refractivity contribution in [2.45, 2.75) is 33.2 Å². The molecule has 0 aliphatic heterocycles. The van der Waals surface area contributed by atoms with Crippen LogP contribution in [0, 0.1) is 0 Å². The van der Waals surface area contributed by atoms with Crippen molar-refractivity contribution in [2.75, 3.05) is 26.9 Å². The van der Waals surface area contributed by atoms with Crippen LogP contribution in [0.4, 0.5) is 0 Å². The Morgan fingerprint density at radius 1 is 0.920 bits per heavy atom. The van der Waals surface area contributed by atoms with Crippen LogP contribution in [0.15, 0.2) is 42.5 Å². The molecule has 0 radical (unpaired) electrons. The summed E-state index contributed by atoms with van der Waals surface area (Å²) in [7, 11) is 1.66. The van der Waals surface area contributed by atoms with Gasteiger partial charge in [-0.25, -0.2) is 0 Å². The molecule has 4 heteroatoms. The zero-order valence-corrected chi connectivity index (χ0v) is 15.5. The van der Waals surface area contributed by atoms with Crippen LogP contribution in [0.3, 0.4) is 0 Å². The molecule has 4 nitrogen and oxygen atoms in total. The predicted molar refractivity (Wildman–Crippen MR) is 102 cm³/mol. The first kappa shape index (κ1) is 19.1. The van der Waals surface area contributed by atoms with Crippen LogP contribution in [0.2, 0.25) is 0 Å². The van der Waals surface area contributed by atoms with Gasteiger partial charge in [0, 0.05) is 6.54 Å². The third-order valence-electron chi connectivity index (χ3n) is 3.82. The van der Waals surface area contributed by atoms with Crippen molar-refractivity contribution in [1.82, 2.24) is 5.32 Å². The van der Waals surface area contributed by atoms with Gasteiger partial charge in [-0.3, -0.25) is 0 Å². The molecule has 25 heavy (non-hydrogen) atoms. The zero-order chi connectivity index (χ0) is 17.9. The van der Waals surface area contributed by atoms with Gasteiger partial charge < -0.3 is 19.5 Å². The van der Waals surface area contributed by atoms with Gasteiger partial charge in [-0.1, -0.05) is 25.1 Å². The van der Waals surface area contributed by atoms with Gasteiger partial charge in [0.25, 0.3) is 0 Å². The van der Waals surface area contributed by atoms with Crippen LogP contribution in [0.5, 0.6) is 17.2 Å². The molecule has 0 saturated heterocycles. The highest BCUT2D eigenvalue weighted by atomic mass is 16.5. The molecule has 0 atom stereocenters. The monoisotopic (exact) mass is 343 g/mol. The summed E-state index contributed by atoms with van der Waals surface area (Å²) in [6.45, 7) is 7.22. The first-order chi connectivity index (χ1) is 12.3. The van der Waals surface area contributed by atoms with Gasteiger partial charge >= 0.3 is 0 Å². The fourth-order valence-electron chi connectivity index (χ4n) is 2.58. The summed E-state index contributed by atoms with van der Waals surface area (Å²) in [5, 5.41) is 3.49. The topological polar surface area (TPSA) is 39.7 Å². The van der Waals surface area contributed by atoms with Crippen LogP contribution < -0.4 is 19.5 Å². The molecule has 0 amide bonds. The third-order valence-corrected chi connectivity index (χ3v) is 3.82. The predicted octanol–water partition coefficient (Wildman–Crippen LogP) is 4.22. The van der Waals surface area contributed by atoms with E-state index in [9.17, 15) is 0 Å². The number of rotatable bonds is 11. The Morgan fingerprint density at radius 2 is 1.80 bits per heavy atom. The molecule has 2 aromatic rings. The zero-order valence-electron chi connectivity index (χ0n) is 15.5. The molecule has 136 valence electrons. The molecule has 0 saturated carbocycles. The molecule has 1 N–H and O–H groups in total. The lowest BCUT2D eigenvalue weighted by atomic mass is 10.1. The molecule has 0 fully saturated rings. The van der Waals surface area contributed by atoms with E-state index in [0.29, 0.717) is 6.61 Å². The van der Waals surface area contributed by atoms with Crippen molar-refractivity contribution in [3.63, 3.8) is 0 Å². The number of nitrogens with one attached hydrogen (secondary N) is 1. The molecule has 2 rings (SSSR count). The number of hydrogen-bond donors (Lipinski definition) is 1. The van der Waals surface area contributed by atoms with Crippen LogP contribution in [-0.2, 0) is 13.0 Å². The second-order valence-electron chi connectivity index (χ2n) is 5.84. The summed E-state index contributed by atoms with van der Waals surface area (Å²) in [5.41, 5.74) is 2.47. The lowest BCUT2D eigenvalue weighted by Crippen LogP contribution is -2.16. The second kappa shape index (κ2) is 10.6. The van der Waals surface area contributed by atoms with Crippen LogP contribution >= 0.6 is 0 Å².